The molecule has 0 amide bonds. The molecule has 0 fully saturated rings. The number of hydrogen-bond donors (Lipinski definition) is 1. The fourth-order valence-corrected chi connectivity index (χ4v) is 2.97. The van der Waals surface area contributed by atoms with Gasteiger partial charge in [0, 0.05) is 17.5 Å². The number of nitrogen functional groups attached to an aromatic ring is 1. The molecule has 0 spiro atoms. The number of nitrogens with zero attached hydrogens (tertiary/aromatic N) is 1. The Kier molecular flexibility index (Phi) is 12.7. The third-order valence-electron chi connectivity index (χ3n) is 4.99. The second-order valence-electron chi connectivity index (χ2n) is 8.13. The van der Waals surface area contributed by atoms with E-state index in [9.17, 15) is 4.79 Å². The van der Waals surface area contributed by atoms with Crippen molar-refractivity contribution in [2.45, 2.75) is 27.7 Å². The summed E-state index contributed by atoms with van der Waals surface area (Å²) in [4.78, 5) is 14.7. The van der Waals surface area contributed by atoms with Crippen LogP contribution in [0.15, 0.2) is 102 Å². The van der Waals surface area contributed by atoms with Gasteiger partial charge in [-0.2, -0.15) is 0 Å². The van der Waals surface area contributed by atoms with Gasteiger partial charge in [0.05, 0.1) is 18.9 Å². The van der Waals surface area contributed by atoms with E-state index in [1.807, 2.05) is 87.6 Å². The normalized spacial score (nSPS) is 9.95. The van der Waals surface area contributed by atoms with E-state index in [2.05, 4.69) is 24.0 Å². The first-order chi connectivity index (χ1) is 17.9. The number of anilines is 1. The second kappa shape index (κ2) is 16.3. The lowest BCUT2D eigenvalue weighted by atomic mass is 10.2. The molecule has 0 aromatic heterocycles. The molecule has 0 aliphatic heterocycles. The van der Waals surface area contributed by atoms with Crippen LogP contribution in [-0.2, 0) is 0 Å². The van der Waals surface area contributed by atoms with Gasteiger partial charge in [0.2, 0.25) is 0 Å². The number of carbonyl (C=O) groups is 1. The van der Waals surface area contributed by atoms with Gasteiger partial charge in [0.1, 0.15) is 17.8 Å². The highest BCUT2D eigenvalue weighted by molar-refractivity contribution is 5.82. The number of benzene rings is 4. The van der Waals surface area contributed by atoms with Gasteiger partial charge in [-0.25, -0.2) is 0 Å². The van der Waals surface area contributed by atoms with Crippen molar-refractivity contribution in [3.05, 3.63) is 119 Å². The lowest BCUT2D eigenvalue weighted by molar-refractivity contribution is 0.112. The molecule has 0 aliphatic carbocycles. The molecule has 0 heterocycles. The van der Waals surface area contributed by atoms with Gasteiger partial charge in [-0.15, -0.1) is 0 Å². The van der Waals surface area contributed by atoms with E-state index in [1.54, 1.807) is 24.3 Å². The molecule has 0 saturated carbocycles. The molecule has 4 rings (SSSR count). The van der Waals surface area contributed by atoms with Crippen LogP contribution < -0.4 is 15.2 Å². The summed E-state index contributed by atoms with van der Waals surface area (Å²) in [5.74, 6) is 1.70. The molecule has 5 heteroatoms. The third-order valence-corrected chi connectivity index (χ3v) is 4.99. The number of ether oxygens (including phenoxy) is 2. The average Bonchev–Trinajstić information content (AvgIpc) is 2.92. The standard InChI is InChI=1S/C16H17NO.C9H10O2.C7H9N/c1-3-18-16-10-6-14(7-11-16)12-17-15-8-4-13(2)5-9-15;1-2-11-9-5-3-8(7-10)4-6-9;1-6-2-4-7(8)5-3-6/h4-12H,3H2,1-2H3;3-7H,2H2,1H3;2-5H,8H2,1H3. The molecule has 4 aromatic carbocycles. The first-order valence-electron chi connectivity index (χ1n) is 12.3. The largest absolute Gasteiger partial charge is 0.494 e. The Morgan fingerprint density at radius 2 is 1.08 bits per heavy atom. The Morgan fingerprint density at radius 1 is 0.649 bits per heavy atom. The average molecular weight is 497 g/mol. The van der Waals surface area contributed by atoms with Crippen LogP contribution in [0.2, 0.25) is 0 Å². The number of carbonyl (C=O) groups excluding carboxylic acids is 1. The molecule has 5 nitrogen and oxygen atoms in total. The maximum Gasteiger partial charge on any atom is 0.150 e. The molecule has 0 atom stereocenters. The molecule has 0 radical (unpaired) electrons. The van der Waals surface area contributed by atoms with Crippen LogP contribution in [0.25, 0.3) is 0 Å². The van der Waals surface area contributed by atoms with Crippen LogP contribution in [0.3, 0.4) is 0 Å². The Hall–Kier alpha value is -4.38. The minimum atomic E-state index is 0.653. The highest BCUT2D eigenvalue weighted by Gasteiger charge is 1.93. The van der Waals surface area contributed by atoms with Crippen LogP contribution in [0.1, 0.15) is 40.9 Å². The van der Waals surface area contributed by atoms with E-state index in [0.717, 1.165) is 34.7 Å². The quantitative estimate of drug-likeness (QED) is 0.162. The van der Waals surface area contributed by atoms with Crippen molar-refractivity contribution in [2.75, 3.05) is 18.9 Å². The Morgan fingerprint density at radius 3 is 1.49 bits per heavy atom. The lowest BCUT2D eigenvalue weighted by Gasteiger charge is -2.02. The van der Waals surface area contributed by atoms with Gasteiger partial charge in [0.15, 0.2) is 0 Å². The summed E-state index contributed by atoms with van der Waals surface area (Å²) in [5, 5.41) is 0. The van der Waals surface area contributed by atoms with Crippen molar-refractivity contribution in [3.8, 4) is 11.5 Å². The Balaban J connectivity index is 0.000000215. The van der Waals surface area contributed by atoms with Crippen molar-refractivity contribution < 1.29 is 14.3 Å². The van der Waals surface area contributed by atoms with E-state index in [-0.39, 0.29) is 0 Å². The summed E-state index contributed by atoms with van der Waals surface area (Å²) in [6, 6.07) is 30.9. The lowest BCUT2D eigenvalue weighted by Crippen LogP contribution is -1.91. The highest BCUT2D eigenvalue weighted by Crippen LogP contribution is 2.14. The number of hydrogen-bond acceptors (Lipinski definition) is 5. The third kappa shape index (κ3) is 11.7. The van der Waals surface area contributed by atoms with Crippen molar-refractivity contribution in [3.63, 3.8) is 0 Å². The summed E-state index contributed by atoms with van der Waals surface area (Å²) >= 11 is 0. The molecular formula is C32H36N2O3. The van der Waals surface area contributed by atoms with Gasteiger partial charge in [-0.05, 0) is 106 Å². The minimum Gasteiger partial charge on any atom is -0.494 e. The van der Waals surface area contributed by atoms with Gasteiger partial charge in [0.25, 0.3) is 0 Å². The van der Waals surface area contributed by atoms with Crippen molar-refractivity contribution >= 4 is 23.9 Å². The molecule has 37 heavy (non-hydrogen) atoms. The van der Waals surface area contributed by atoms with Crippen LogP contribution >= 0.6 is 0 Å². The second-order valence-corrected chi connectivity index (χ2v) is 8.13. The predicted molar refractivity (Wildman–Crippen MR) is 155 cm³/mol. The van der Waals surface area contributed by atoms with Gasteiger partial charge in [-0.1, -0.05) is 35.4 Å². The zero-order valence-corrected chi connectivity index (χ0v) is 22.1. The first kappa shape index (κ1) is 28.9. The van der Waals surface area contributed by atoms with E-state index in [1.165, 1.54) is 11.1 Å². The minimum absolute atomic E-state index is 0.653. The van der Waals surface area contributed by atoms with Crippen molar-refractivity contribution in [2.24, 2.45) is 4.99 Å². The number of nitrogens with two attached hydrogens (primary N) is 1. The van der Waals surface area contributed by atoms with Gasteiger partial charge >= 0.3 is 0 Å². The predicted octanol–water partition coefficient (Wildman–Crippen LogP) is 7.62. The monoisotopic (exact) mass is 496 g/mol. The highest BCUT2D eigenvalue weighted by atomic mass is 16.5. The maximum absolute atomic E-state index is 10.2. The topological polar surface area (TPSA) is 73.9 Å². The molecular weight excluding hydrogens is 460 g/mol. The molecule has 0 aliphatic rings. The Labute approximate surface area is 220 Å². The molecule has 0 bridgehead atoms. The molecule has 2 N–H and O–H groups in total. The van der Waals surface area contributed by atoms with Crippen LogP contribution in [0.5, 0.6) is 11.5 Å². The number of aryl methyl sites for hydroxylation is 2. The molecule has 192 valence electrons. The Bertz CT molecular complexity index is 1180. The summed E-state index contributed by atoms with van der Waals surface area (Å²) < 4.78 is 10.6. The summed E-state index contributed by atoms with van der Waals surface area (Å²) in [5.41, 5.74) is 11.5. The van der Waals surface area contributed by atoms with Crippen LogP contribution in [0, 0.1) is 13.8 Å². The fraction of sp³-hybridized carbons (Fsp3) is 0.188. The van der Waals surface area contributed by atoms with Crippen molar-refractivity contribution in [1.82, 2.24) is 0 Å². The first-order valence-corrected chi connectivity index (χ1v) is 12.3. The molecule has 0 saturated heterocycles. The SMILES string of the molecule is CCOc1ccc(C=Nc2ccc(C)cc2)cc1.CCOc1ccc(C=O)cc1.Cc1ccc(N)cc1. The van der Waals surface area contributed by atoms with Crippen LogP contribution in [-0.4, -0.2) is 25.7 Å². The summed E-state index contributed by atoms with van der Waals surface area (Å²) in [7, 11) is 0. The fourth-order valence-electron chi connectivity index (χ4n) is 2.97. The van der Waals surface area contributed by atoms with E-state index < -0.39 is 0 Å². The van der Waals surface area contributed by atoms with Crippen molar-refractivity contribution in [1.29, 1.82) is 0 Å². The summed E-state index contributed by atoms with van der Waals surface area (Å²) in [6.07, 6.45) is 2.68. The van der Waals surface area contributed by atoms with E-state index >= 15 is 0 Å². The molecule has 4 aromatic rings. The van der Waals surface area contributed by atoms with Gasteiger partial charge < -0.3 is 15.2 Å². The zero-order valence-electron chi connectivity index (χ0n) is 22.1. The van der Waals surface area contributed by atoms with Crippen LogP contribution in [0.4, 0.5) is 11.4 Å². The maximum atomic E-state index is 10.2. The van der Waals surface area contributed by atoms with E-state index in [4.69, 9.17) is 15.2 Å². The van der Waals surface area contributed by atoms with E-state index in [0.29, 0.717) is 18.8 Å². The number of aliphatic imine (C=N–C) groups is 1. The summed E-state index contributed by atoms with van der Waals surface area (Å²) in [6.45, 7) is 9.36. The zero-order chi connectivity index (χ0) is 26.9. The van der Waals surface area contributed by atoms with Gasteiger partial charge in [-0.3, -0.25) is 9.79 Å². The number of aldehydes is 1. The molecule has 0 unspecified atom stereocenters. The number of rotatable bonds is 7. The smallest absolute Gasteiger partial charge is 0.150 e.